The highest BCUT2D eigenvalue weighted by molar-refractivity contribution is 9.11. The highest BCUT2D eigenvalue weighted by atomic mass is 79.9. The molecule has 0 aromatic heterocycles. The maximum absolute atomic E-state index is 12.1. The van der Waals surface area contributed by atoms with Crippen LogP contribution >= 0.6 is 31.9 Å². The Morgan fingerprint density at radius 3 is 2.58 bits per heavy atom. The smallest absolute Gasteiger partial charge is 0.224 e. The van der Waals surface area contributed by atoms with E-state index in [0.717, 1.165) is 26.8 Å². The van der Waals surface area contributed by atoms with Gasteiger partial charge < -0.3 is 10.1 Å². The van der Waals surface area contributed by atoms with E-state index in [1.54, 1.807) is 0 Å². The van der Waals surface area contributed by atoms with Crippen LogP contribution in [0.2, 0.25) is 0 Å². The molecule has 0 radical (unpaired) electrons. The summed E-state index contributed by atoms with van der Waals surface area (Å²) in [7, 11) is 0. The summed E-state index contributed by atoms with van der Waals surface area (Å²) in [5.41, 5.74) is 3.28. The van der Waals surface area contributed by atoms with Gasteiger partial charge in [-0.2, -0.15) is 0 Å². The number of carbonyl (C=O) groups excluding carboxylic acids is 1. The number of ether oxygens (including phenoxy) is 1. The molecule has 3 nitrogen and oxygen atoms in total. The van der Waals surface area contributed by atoms with Gasteiger partial charge in [0.15, 0.2) is 0 Å². The SMILES string of the molecule is CCCCc1ccc(NC(=O)CCCOc2ccc(C)cc2Br)c(Br)c1. The molecule has 1 amide bonds. The third-order valence-corrected chi connectivity index (χ3v) is 5.30. The van der Waals surface area contributed by atoms with Crippen LogP contribution in [-0.4, -0.2) is 12.5 Å². The van der Waals surface area contributed by atoms with Crippen molar-refractivity contribution in [2.24, 2.45) is 0 Å². The van der Waals surface area contributed by atoms with Crippen LogP contribution in [0.4, 0.5) is 5.69 Å². The van der Waals surface area contributed by atoms with Crippen molar-refractivity contribution in [3.63, 3.8) is 0 Å². The fourth-order valence-corrected chi connectivity index (χ4v) is 3.68. The van der Waals surface area contributed by atoms with Crippen LogP contribution < -0.4 is 10.1 Å². The van der Waals surface area contributed by atoms with E-state index < -0.39 is 0 Å². The number of rotatable bonds is 9. The second-order valence-electron chi connectivity index (χ2n) is 6.35. The lowest BCUT2D eigenvalue weighted by Gasteiger charge is -2.11. The Balaban J connectivity index is 1.76. The first kappa shape index (κ1) is 21.0. The molecule has 0 fully saturated rings. The number of benzene rings is 2. The number of halogens is 2. The Labute approximate surface area is 172 Å². The fourth-order valence-electron chi connectivity index (χ4n) is 2.55. The van der Waals surface area contributed by atoms with Crippen molar-refractivity contribution in [3.8, 4) is 5.75 Å². The number of amides is 1. The van der Waals surface area contributed by atoms with E-state index in [4.69, 9.17) is 4.74 Å². The van der Waals surface area contributed by atoms with Crippen LogP contribution in [0.25, 0.3) is 0 Å². The molecular weight excluding hydrogens is 458 g/mol. The molecular formula is C21H25Br2NO2. The summed E-state index contributed by atoms with van der Waals surface area (Å²) in [6, 6.07) is 12.1. The summed E-state index contributed by atoms with van der Waals surface area (Å²) in [5, 5.41) is 2.96. The normalized spacial score (nSPS) is 10.6. The summed E-state index contributed by atoms with van der Waals surface area (Å²) in [6.45, 7) is 4.73. The second kappa shape index (κ2) is 10.7. The van der Waals surface area contributed by atoms with Crippen molar-refractivity contribution in [2.45, 2.75) is 46.0 Å². The third kappa shape index (κ3) is 6.76. The Kier molecular flexibility index (Phi) is 8.66. The van der Waals surface area contributed by atoms with Crippen LogP contribution in [0.15, 0.2) is 45.3 Å². The van der Waals surface area contributed by atoms with Crippen molar-refractivity contribution >= 4 is 43.5 Å². The summed E-state index contributed by atoms with van der Waals surface area (Å²) in [6.07, 6.45) is 4.51. The molecule has 0 aliphatic rings. The van der Waals surface area contributed by atoms with Gasteiger partial charge in [0.1, 0.15) is 5.75 Å². The van der Waals surface area contributed by atoms with Crippen LogP contribution in [0.1, 0.15) is 43.7 Å². The van der Waals surface area contributed by atoms with E-state index in [0.29, 0.717) is 19.4 Å². The van der Waals surface area contributed by atoms with E-state index >= 15 is 0 Å². The van der Waals surface area contributed by atoms with E-state index in [1.807, 2.05) is 31.2 Å². The van der Waals surface area contributed by atoms with Gasteiger partial charge in [-0.25, -0.2) is 0 Å². The molecule has 0 spiro atoms. The average molecular weight is 483 g/mol. The summed E-state index contributed by atoms with van der Waals surface area (Å²) < 4.78 is 7.60. The van der Waals surface area contributed by atoms with Gasteiger partial charge in [-0.1, -0.05) is 25.5 Å². The Morgan fingerprint density at radius 2 is 1.88 bits per heavy atom. The van der Waals surface area contributed by atoms with Crippen molar-refractivity contribution in [1.82, 2.24) is 0 Å². The number of aryl methyl sites for hydroxylation is 2. The Hall–Kier alpha value is -1.33. The average Bonchev–Trinajstić information content (AvgIpc) is 2.60. The lowest BCUT2D eigenvalue weighted by Crippen LogP contribution is -2.13. The van der Waals surface area contributed by atoms with E-state index in [1.165, 1.54) is 24.0 Å². The van der Waals surface area contributed by atoms with Crippen molar-refractivity contribution in [1.29, 1.82) is 0 Å². The van der Waals surface area contributed by atoms with Gasteiger partial charge in [-0.15, -0.1) is 0 Å². The van der Waals surface area contributed by atoms with Crippen LogP contribution in [-0.2, 0) is 11.2 Å². The van der Waals surface area contributed by atoms with Gasteiger partial charge in [0.25, 0.3) is 0 Å². The molecule has 0 heterocycles. The number of nitrogens with one attached hydrogen (secondary N) is 1. The first-order valence-corrected chi connectivity index (χ1v) is 10.6. The van der Waals surface area contributed by atoms with Crippen molar-refractivity contribution in [3.05, 3.63) is 56.5 Å². The molecule has 0 bridgehead atoms. The summed E-state index contributed by atoms with van der Waals surface area (Å²) >= 11 is 7.04. The first-order valence-electron chi connectivity index (χ1n) is 8.97. The molecule has 0 aliphatic carbocycles. The lowest BCUT2D eigenvalue weighted by atomic mass is 10.1. The Bertz CT molecular complexity index is 747. The zero-order valence-electron chi connectivity index (χ0n) is 15.3. The highest BCUT2D eigenvalue weighted by Crippen LogP contribution is 2.26. The van der Waals surface area contributed by atoms with Crippen LogP contribution in [0, 0.1) is 6.92 Å². The molecule has 0 unspecified atom stereocenters. The predicted molar refractivity (Wildman–Crippen MR) is 115 cm³/mol. The second-order valence-corrected chi connectivity index (χ2v) is 8.06. The van der Waals surface area contributed by atoms with Crippen LogP contribution in [0.5, 0.6) is 5.75 Å². The topological polar surface area (TPSA) is 38.3 Å². The molecule has 0 atom stereocenters. The fraction of sp³-hybridized carbons (Fsp3) is 0.381. The minimum atomic E-state index is -0.00131. The van der Waals surface area contributed by atoms with Crippen molar-refractivity contribution in [2.75, 3.05) is 11.9 Å². The maximum Gasteiger partial charge on any atom is 0.224 e. The largest absolute Gasteiger partial charge is 0.492 e. The molecule has 0 aliphatic heterocycles. The molecule has 140 valence electrons. The third-order valence-electron chi connectivity index (χ3n) is 4.02. The lowest BCUT2D eigenvalue weighted by molar-refractivity contribution is -0.116. The minimum absolute atomic E-state index is 0.00131. The Morgan fingerprint density at radius 1 is 1.08 bits per heavy atom. The minimum Gasteiger partial charge on any atom is -0.492 e. The molecule has 26 heavy (non-hydrogen) atoms. The zero-order valence-corrected chi connectivity index (χ0v) is 18.5. The van der Waals surface area contributed by atoms with E-state index in [2.05, 4.69) is 56.2 Å². The number of carbonyl (C=O) groups is 1. The van der Waals surface area contributed by atoms with Gasteiger partial charge in [0, 0.05) is 10.9 Å². The number of unbranched alkanes of at least 4 members (excludes halogenated alkanes) is 1. The van der Waals surface area contributed by atoms with Gasteiger partial charge in [0.05, 0.1) is 16.8 Å². The van der Waals surface area contributed by atoms with Gasteiger partial charge in [-0.05, 0) is 93.4 Å². The number of anilines is 1. The van der Waals surface area contributed by atoms with Gasteiger partial charge in [0.2, 0.25) is 5.91 Å². The van der Waals surface area contributed by atoms with Gasteiger partial charge >= 0.3 is 0 Å². The standard InChI is InChI=1S/C21H25Br2NO2/c1-3-4-6-16-9-10-19(17(22)14-16)24-21(25)7-5-12-26-20-11-8-15(2)13-18(20)23/h8-11,13-14H,3-7,12H2,1-2H3,(H,24,25). The summed E-state index contributed by atoms with van der Waals surface area (Å²) in [4.78, 5) is 12.1. The van der Waals surface area contributed by atoms with Crippen LogP contribution in [0.3, 0.4) is 0 Å². The molecule has 2 aromatic carbocycles. The monoisotopic (exact) mass is 481 g/mol. The highest BCUT2D eigenvalue weighted by Gasteiger charge is 2.07. The number of hydrogen-bond acceptors (Lipinski definition) is 2. The molecule has 5 heteroatoms. The molecule has 2 aromatic rings. The summed E-state index contributed by atoms with van der Waals surface area (Å²) in [5.74, 6) is 0.806. The number of hydrogen-bond donors (Lipinski definition) is 1. The molecule has 0 saturated carbocycles. The molecule has 0 saturated heterocycles. The zero-order chi connectivity index (χ0) is 18.9. The first-order chi connectivity index (χ1) is 12.5. The van der Waals surface area contributed by atoms with Crippen molar-refractivity contribution < 1.29 is 9.53 Å². The molecule has 1 N–H and O–H groups in total. The van der Waals surface area contributed by atoms with E-state index in [9.17, 15) is 4.79 Å². The predicted octanol–water partition coefficient (Wildman–Crippen LogP) is 6.66. The quantitative estimate of drug-likeness (QED) is 0.405. The maximum atomic E-state index is 12.1. The molecule has 2 rings (SSSR count). The van der Waals surface area contributed by atoms with E-state index in [-0.39, 0.29) is 5.91 Å². The van der Waals surface area contributed by atoms with Gasteiger partial charge in [-0.3, -0.25) is 4.79 Å².